The number of carbonyl (C=O) groups excluding carboxylic acids is 2. The molecule has 224 valence electrons. The number of benzene rings is 2. The van der Waals surface area contributed by atoms with Crippen molar-refractivity contribution in [1.29, 1.82) is 0 Å². The van der Waals surface area contributed by atoms with E-state index in [1.54, 1.807) is 40.0 Å². The van der Waals surface area contributed by atoms with Crippen LogP contribution in [0.2, 0.25) is 0 Å². The minimum Gasteiger partial charge on any atom is -0.497 e. The summed E-state index contributed by atoms with van der Waals surface area (Å²) in [5.41, 5.74) is 2.06. The van der Waals surface area contributed by atoms with Gasteiger partial charge in [0.2, 0.25) is 19.6 Å². The Morgan fingerprint density at radius 3 is 2.32 bits per heavy atom. The molecular formula is C31H42NO8P. The molecule has 1 unspecified atom stereocenters. The van der Waals surface area contributed by atoms with E-state index in [9.17, 15) is 24.1 Å². The zero-order valence-electron chi connectivity index (χ0n) is 24.4. The van der Waals surface area contributed by atoms with Crippen LogP contribution in [0, 0.1) is 5.92 Å². The summed E-state index contributed by atoms with van der Waals surface area (Å²) in [4.78, 5) is 39.1. The molecule has 1 amide bonds. The lowest BCUT2D eigenvalue weighted by molar-refractivity contribution is -0.169. The maximum Gasteiger partial charge on any atom is 0.326 e. The van der Waals surface area contributed by atoms with Gasteiger partial charge in [0, 0.05) is 31.0 Å². The van der Waals surface area contributed by atoms with Crippen molar-refractivity contribution in [1.82, 2.24) is 4.90 Å². The third-order valence-corrected chi connectivity index (χ3v) is 9.65. The molecule has 2 aromatic rings. The third-order valence-electron chi connectivity index (χ3n) is 7.30. The molecule has 0 saturated carbocycles. The normalized spacial score (nSPS) is 19.0. The summed E-state index contributed by atoms with van der Waals surface area (Å²) in [7, 11) is -2.09. The molecule has 0 aliphatic carbocycles. The number of aliphatic carboxylic acids is 1. The van der Waals surface area contributed by atoms with E-state index < -0.39 is 43.7 Å². The van der Waals surface area contributed by atoms with Gasteiger partial charge in [-0.25, -0.2) is 4.79 Å². The van der Waals surface area contributed by atoms with E-state index >= 15 is 0 Å². The highest BCUT2D eigenvalue weighted by Gasteiger charge is 2.43. The van der Waals surface area contributed by atoms with E-state index in [0.29, 0.717) is 12.2 Å². The molecular weight excluding hydrogens is 545 g/mol. The van der Waals surface area contributed by atoms with Crippen molar-refractivity contribution in [2.45, 2.75) is 71.1 Å². The number of amides is 1. The molecule has 4 atom stereocenters. The van der Waals surface area contributed by atoms with Crippen LogP contribution < -0.4 is 4.74 Å². The topological polar surface area (TPSA) is 119 Å². The number of nitrogens with zero attached hydrogens (tertiary/aromatic N) is 1. The van der Waals surface area contributed by atoms with E-state index in [2.05, 4.69) is 0 Å². The summed E-state index contributed by atoms with van der Waals surface area (Å²) in [5.74, 6) is -1.93. The van der Waals surface area contributed by atoms with E-state index in [1.165, 1.54) is 4.90 Å². The Kier molecular flexibility index (Phi) is 12.0. The van der Waals surface area contributed by atoms with Gasteiger partial charge < -0.3 is 19.5 Å². The molecule has 1 N–H and O–H groups in total. The van der Waals surface area contributed by atoms with Gasteiger partial charge in [0.1, 0.15) is 18.0 Å². The average molecular weight is 588 g/mol. The highest BCUT2D eigenvalue weighted by atomic mass is 31.2. The Bertz CT molecular complexity index is 1200. The van der Waals surface area contributed by atoms with Gasteiger partial charge in [-0.15, -0.1) is 0 Å². The summed E-state index contributed by atoms with van der Waals surface area (Å²) >= 11 is 0. The first-order valence-corrected chi connectivity index (χ1v) is 16.2. The number of methoxy groups -OCH3 is 1. The molecule has 10 heteroatoms. The first-order chi connectivity index (χ1) is 19.5. The van der Waals surface area contributed by atoms with Gasteiger partial charge in [-0.1, -0.05) is 63.2 Å². The maximum absolute atomic E-state index is 14.3. The van der Waals surface area contributed by atoms with Gasteiger partial charge in [-0.05, 0) is 48.9 Å². The van der Waals surface area contributed by atoms with Gasteiger partial charge in [0.25, 0.3) is 0 Å². The number of aryl methyl sites for hydroxylation is 1. The summed E-state index contributed by atoms with van der Waals surface area (Å²) in [6.07, 6.45) is 1.01. The second kappa shape index (κ2) is 15.2. The predicted molar refractivity (Wildman–Crippen MR) is 156 cm³/mol. The fraction of sp³-hybridized carbons (Fsp3) is 0.516. The molecule has 0 spiro atoms. The second-order valence-electron chi connectivity index (χ2n) is 10.8. The van der Waals surface area contributed by atoms with Gasteiger partial charge in [-0.2, -0.15) is 0 Å². The number of esters is 1. The summed E-state index contributed by atoms with van der Waals surface area (Å²) in [6, 6.07) is 16.2. The molecule has 1 saturated heterocycles. The van der Waals surface area contributed by atoms with Crippen LogP contribution in [-0.4, -0.2) is 66.2 Å². The Labute approximate surface area is 242 Å². The molecule has 1 aliphatic rings. The molecule has 1 aliphatic heterocycles. The van der Waals surface area contributed by atoms with E-state index in [1.807, 2.05) is 42.5 Å². The van der Waals surface area contributed by atoms with Crippen LogP contribution >= 0.6 is 7.37 Å². The van der Waals surface area contributed by atoms with Gasteiger partial charge in [0.05, 0.1) is 7.11 Å². The number of hydrogen-bond donors (Lipinski definition) is 1. The number of carboxylic acids is 1. The Balaban J connectivity index is 1.77. The number of rotatable bonds is 15. The molecule has 0 bridgehead atoms. The zero-order valence-corrected chi connectivity index (χ0v) is 25.3. The van der Waals surface area contributed by atoms with Crippen molar-refractivity contribution in [2.75, 3.05) is 26.0 Å². The number of likely N-dealkylation sites (tertiary alicyclic amines) is 1. The molecule has 0 radical (unpaired) electrons. The van der Waals surface area contributed by atoms with E-state index in [0.717, 1.165) is 24.0 Å². The van der Waals surface area contributed by atoms with Crippen LogP contribution in [0.5, 0.6) is 5.75 Å². The molecule has 41 heavy (non-hydrogen) atoms. The van der Waals surface area contributed by atoms with Gasteiger partial charge in [0.15, 0.2) is 0 Å². The Morgan fingerprint density at radius 1 is 1.05 bits per heavy atom. The Morgan fingerprint density at radius 2 is 1.73 bits per heavy atom. The Hall–Kier alpha value is -3.16. The summed E-state index contributed by atoms with van der Waals surface area (Å²) in [5, 5.41) is 9.93. The third kappa shape index (κ3) is 9.44. The molecule has 2 aromatic carbocycles. The molecule has 0 aromatic heterocycles. The van der Waals surface area contributed by atoms with Gasteiger partial charge in [-0.3, -0.25) is 18.7 Å². The van der Waals surface area contributed by atoms with Crippen molar-refractivity contribution in [3.63, 3.8) is 0 Å². The molecule has 1 heterocycles. The minimum atomic E-state index is -3.66. The number of carbonyl (C=O) groups is 3. The first kappa shape index (κ1) is 32.4. The fourth-order valence-corrected chi connectivity index (χ4v) is 7.24. The number of unbranched alkanes of at least 4 members (excludes halogenated alkanes) is 1. The summed E-state index contributed by atoms with van der Waals surface area (Å²) < 4.78 is 30.9. The molecule has 1 fully saturated rings. The van der Waals surface area contributed by atoms with Crippen molar-refractivity contribution >= 4 is 25.2 Å². The van der Waals surface area contributed by atoms with E-state index in [4.69, 9.17) is 14.0 Å². The largest absolute Gasteiger partial charge is 0.497 e. The lowest BCUT2D eigenvalue weighted by Crippen LogP contribution is -2.42. The zero-order chi connectivity index (χ0) is 30.0. The first-order valence-electron chi connectivity index (χ1n) is 14.2. The highest BCUT2D eigenvalue weighted by molar-refractivity contribution is 7.59. The fourth-order valence-electron chi connectivity index (χ4n) is 4.94. The smallest absolute Gasteiger partial charge is 0.326 e. The van der Waals surface area contributed by atoms with Crippen LogP contribution in [0.25, 0.3) is 0 Å². The monoisotopic (exact) mass is 587 g/mol. The quantitative estimate of drug-likeness (QED) is 0.122. The number of hydrogen-bond acceptors (Lipinski definition) is 7. The van der Waals surface area contributed by atoms with Crippen molar-refractivity contribution in [3.8, 4) is 5.75 Å². The van der Waals surface area contributed by atoms with Crippen LogP contribution in [0.3, 0.4) is 0 Å². The summed E-state index contributed by atoms with van der Waals surface area (Å²) in [6.45, 7) is 5.42. The maximum atomic E-state index is 14.3. The van der Waals surface area contributed by atoms with E-state index in [-0.39, 0.29) is 37.4 Å². The molecule has 9 nitrogen and oxygen atoms in total. The van der Waals surface area contributed by atoms with Crippen molar-refractivity contribution in [2.24, 2.45) is 5.92 Å². The number of ether oxygens (including phenoxy) is 2. The van der Waals surface area contributed by atoms with Crippen LogP contribution in [0.4, 0.5) is 0 Å². The SMILES string of the molecule is CCC(=O)O[C@H](OP(=O)(CCCCc1ccccc1)CC(=O)N1C[C@H](c2ccc(OC)cc2)C[C@H]1C(=O)O)C(C)C. The van der Waals surface area contributed by atoms with Crippen LogP contribution in [0.15, 0.2) is 54.6 Å². The minimum absolute atomic E-state index is 0.117. The number of carboxylic acid groups (broad SMARTS) is 1. The molecule has 3 rings (SSSR count). The van der Waals surface area contributed by atoms with Crippen molar-refractivity contribution in [3.05, 3.63) is 65.7 Å². The second-order valence-corrected chi connectivity index (χ2v) is 13.4. The van der Waals surface area contributed by atoms with Crippen LogP contribution in [0.1, 0.15) is 63.5 Å². The predicted octanol–water partition coefficient (Wildman–Crippen LogP) is 5.72. The van der Waals surface area contributed by atoms with Crippen LogP contribution in [-0.2, 0) is 34.6 Å². The standard InChI is InChI=1S/C31H42NO8P/c1-5-29(34)39-31(22(2)3)40-41(37,18-10-9-13-23-11-7-6-8-12-23)21-28(33)32-20-25(19-27(32)30(35)36)24-14-16-26(38-4)17-15-24/h6-8,11-12,14-17,22,25,27,31H,5,9-10,13,18-21H2,1-4H3,(H,35,36)/t25-,27+,31-,41?/m1/s1. The lowest BCUT2D eigenvalue weighted by atomic mass is 9.96. The average Bonchev–Trinajstić information content (AvgIpc) is 3.42. The highest BCUT2D eigenvalue weighted by Crippen LogP contribution is 2.51. The van der Waals surface area contributed by atoms with Gasteiger partial charge >= 0.3 is 11.9 Å². The van der Waals surface area contributed by atoms with Crippen molar-refractivity contribution < 1.29 is 38.1 Å². The lowest BCUT2D eigenvalue weighted by Gasteiger charge is -2.29.